The summed E-state index contributed by atoms with van der Waals surface area (Å²) in [6.07, 6.45) is 4.03. The minimum Gasteiger partial charge on any atom is -0.363 e. The molecule has 3 heterocycles. The summed E-state index contributed by atoms with van der Waals surface area (Å²) in [5.74, 6) is 0.141. The monoisotopic (exact) mass is 324 g/mol. The zero-order valence-electron chi connectivity index (χ0n) is 9.73. The summed E-state index contributed by atoms with van der Waals surface area (Å²) < 4.78 is 1.00. The summed E-state index contributed by atoms with van der Waals surface area (Å²) in [5.41, 5.74) is 1.14. The zero-order chi connectivity index (χ0) is 12.5. The number of H-pyrrole nitrogens is 1. The molecule has 94 valence electrons. The first-order valence-electron chi connectivity index (χ1n) is 5.95. The minimum atomic E-state index is 0.141. The normalized spacial score (nSPS) is 19.4. The van der Waals surface area contributed by atoms with E-state index in [2.05, 4.69) is 27.0 Å². The number of nitrogens with zero attached hydrogens (tertiary/aromatic N) is 1. The maximum Gasteiger partial charge on any atom is 0.264 e. The number of carbonyl (C=O) groups is 1. The summed E-state index contributed by atoms with van der Waals surface area (Å²) in [5, 5.41) is 0. The fourth-order valence-electron chi connectivity index (χ4n) is 2.46. The van der Waals surface area contributed by atoms with Crippen molar-refractivity contribution in [2.75, 3.05) is 6.54 Å². The second kappa shape index (κ2) is 4.90. The summed E-state index contributed by atoms with van der Waals surface area (Å²) in [7, 11) is 0. The van der Waals surface area contributed by atoms with Crippen molar-refractivity contribution in [3.8, 4) is 0 Å². The molecular formula is C13H13BrN2OS. The Morgan fingerprint density at radius 2 is 2.33 bits per heavy atom. The Hall–Kier alpha value is -1.07. The molecule has 18 heavy (non-hydrogen) atoms. The van der Waals surface area contributed by atoms with Crippen molar-refractivity contribution >= 4 is 33.2 Å². The quantitative estimate of drug-likeness (QED) is 0.895. The number of hydrogen-bond acceptors (Lipinski definition) is 2. The molecule has 1 fully saturated rings. The molecule has 1 unspecified atom stereocenters. The highest BCUT2D eigenvalue weighted by molar-refractivity contribution is 9.11. The molecule has 0 aromatic carbocycles. The first-order valence-corrected chi connectivity index (χ1v) is 7.56. The number of hydrogen-bond donors (Lipinski definition) is 1. The first-order chi connectivity index (χ1) is 8.75. The van der Waals surface area contributed by atoms with Crippen LogP contribution in [0, 0.1) is 0 Å². The largest absolute Gasteiger partial charge is 0.363 e. The van der Waals surface area contributed by atoms with E-state index >= 15 is 0 Å². The van der Waals surface area contributed by atoms with Gasteiger partial charge in [-0.1, -0.05) is 0 Å². The molecule has 2 aromatic heterocycles. The van der Waals surface area contributed by atoms with Gasteiger partial charge in [0.25, 0.3) is 5.91 Å². The summed E-state index contributed by atoms with van der Waals surface area (Å²) in [6, 6.07) is 8.06. The molecule has 1 aliphatic heterocycles. The van der Waals surface area contributed by atoms with Crippen LogP contribution in [0.4, 0.5) is 0 Å². The number of thiophene rings is 1. The second-order valence-corrected chi connectivity index (χ2v) is 6.85. The number of amides is 1. The predicted molar refractivity (Wildman–Crippen MR) is 75.8 cm³/mol. The van der Waals surface area contributed by atoms with Gasteiger partial charge in [-0.05, 0) is 53.0 Å². The fourth-order valence-corrected chi connectivity index (χ4v) is 3.80. The summed E-state index contributed by atoms with van der Waals surface area (Å²) >= 11 is 4.90. The molecule has 3 rings (SSSR count). The van der Waals surface area contributed by atoms with Crippen molar-refractivity contribution in [2.24, 2.45) is 0 Å². The number of nitrogens with one attached hydrogen (secondary N) is 1. The van der Waals surface area contributed by atoms with E-state index in [4.69, 9.17) is 0 Å². The van der Waals surface area contributed by atoms with E-state index in [0.717, 1.165) is 33.7 Å². The van der Waals surface area contributed by atoms with E-state index in [9.17, 15) is 4.79 Å². The van der Waals surface area contributed by atoms with Crippen molar-refractivity contribution in [1.29, 1.82) is 0 Å². The molecule has 1 aliphatic rings. The van der Waals surface area contributed by atoms with E-state index in [1.165, 1.54) is 11.3 Å². The second-order valence-electron chi connectivity index (χ2n) is 4.39. The van der Waals surface area contributed by atoms with E-state index in [0.29, 0.717) is 0 Å². The third kappa shape index (κ3) is 2.12. The van der Waals surface area contributed by atoms with Crippen molar-refractivity contribution < 1.29 is 4.79 Å². The molecular weight excluding hydrogens is 312 g/mol. The van der Waals surface area contributed by atoms with Gasteiger partial charge in [-0.2, -0.15) is 0 Å². The van der Waals surface area contributed by atoms with E-state index < -0.39 is 0 Å². The molecule has 2 aromatic rings. The van der Waals surface area contributed by atoms with Crippen molar-refractivity contribution in [3.63, 3.8) is 0 Å². The van der Waals surface area contributed by atoms with Crippen LogP contribution in [0.2, 0.25) is 0 Å². The Labute approximate surface area is 118 Å². The fraction of sp³-hybridized carbons (Fsp3) is 0.308. The lowest BCUT2D eigenvalue weighted by molar-refractivity contribution is 0.0738. The SMILES string of the molecule is O=C(c1ccc(Br)s1)N1CCCC1c1ccc[nH]1. The van der Waals surface area contributed by atoms with Gasteiger partial charge >= 0.3 is 0 Å². The lowest BCUT2D eigenvalue weighted by Gasteiger charge is -2.23. The standard InChI is InChI=1S/C13H13BrN2OS/c14-12-6-5-11(18-12)13(17)16-8-2-4-10(16)9-3-1-7-15-9/h1,3,5-7,10,15H,2,4,8H2. The van der Waals surface area contributed by atoms with E-state index in [1.54, 1.807) is 0 Å². The van der Waals surface area contributed by atoms with Crippen molar-refractivity contribution in [2.45, 2.75) is 18.9 Å². The molecule has 0 bridgehead atoms. The van der Waals surface area contributed by atoms with Crippen LogP contribution < -0.4 is 0 Å². The molecule has 1 atom stereocenters. The highest BCUT2D eigenvalue weighted by Crippen LogP contribution is 2.33. The number of aromatic nitrogens is 1. The van der Waals surface area contributed by atoms with Gasteiger partial charge in [0.05, 0.1) is 14.7 Å². The molecule has 3 nitrogen and oxygen atoms in total. The molecule has 1 amide bonds. The van der Waals surface area contributed by atoms with Crippen LogP contribution in [-0.4, -0.2) is 22.3 Å². The average molecular weight is 325 g/mol. The van der Waals surface area contributed by atoms with Crippen LogP contribution in [0.15, 0.2) is 34.2 Å². The molecule has 0 spiro atoms. The number of halogens is 1. The Morgan fingerprint density at radius 1 is 1.44 bits per heavy atom. The molecule has 0 saturated carbocycles. The molecule has 5 heteroatoms. The van der Waals surface area contributed by atoms with E-state index in [1.807, 2.05) is 29.3 Å². The topological polar surface area (TPSA) is 36.1 Å². The van der Waals surface area contributed by atoms with Crippen LogP contribution in [0.25, 0.3) is 0 Å². The van der Waals surface area contributed by atoms with Crippen LogP contribution in [0.3, 0.4) is 0 Å². The van der Waals surface area contributed by atoms with Gasteiger partial charge in [0.2, 0.25) is 0 Å². The van der Waals surface area contributed by atoms with Gasteiger partial charge in [-0.15, -0.1) is 11.3 Å². The van der Waals surface area contributed by atoms with Gasteiger partial charge in [-0.25, -0.2) is 0 Å². The van der Waals surface area contributed by atoms with Crippen molar-refractivity contribution in [3.05, 3.63) is 44.8 Å². The lowest BCUT2D eigenvalue weighted by atomic mass is 10.1. The Bertz CT molecular complexity index is 549. The van der Waals surface area contributed by atoms with Crippen molar-refractivity contribution in [1.82, 2.24) is 9.88 Å². The minimum absolute atomic E-state index is 0.141. The molecule has 1 saturated heterocycles. The zero-order valence-corrected chi connectivity index (χ0v) is 12.1. The van der Waals surface area contributed by atoms with Gasteiger partial charge < -0.3 is 9.88 Å². The van der Waals surface area contributed by atoms with Gasteiger partial charge in [-0.3, -0.25) is 4.79 Å². The first kappa shape index (κ1) is 12.0. The molecule has 0 aliphatic carbocycles. The summed E-state index contributed by atoms with van der Waals surface area (Å²) in [6.45, 7) is 0.845. The van der Waals surface area contributed by atoms with Gasteiger partial charge in [0.15, 0.2) is 0 Å². The van der Waals surface area contributed by atoms with Crippen LogP contribution >= 0.6 is 27.3 Å². The summed E-state index contributed by atoms with van der Waals surface area (Å²) in [4.78, 5) is 18.5. The number of rotatable bonds is 2. The number of likely N-dealkylation sites (tertiary alicyclic amines) is 1. The smallest absolute Gasteiger partial charge is 0.264 e. The third-order valence-electron chi connectivity index (χ3n) is 3.28. The Balaban J connectivity index is 1.85. The Kier molecular flexibility index (Phi) is 3.26. The average Bonchev–Trinajstić information content (AvgIpc) is 3.08. The van der Waals surface area contributed by atoms with Crippen LogP contribution in [0.5, 0.6) is 0 Å². The molecule has 0 radical (unpaired) electrons. The lowest BCUT2D eigenvalue weighted by Crippen LogP contribution is -2.30. The maximum atomic E-state index is 12.5. The van der Waals surface area contributed by atoms with Gasteiger partial charge in [0.1, 0.15) is 0 Å². The predicted octanol–water partition coefficient (Wildman–Crippen LogP) is 3.82. The highest BCUT2D eigenvalue weighted by atomic mass is 79.9. The van der Waals surface area contributed by atoms with E-state index in [-0.39, 0.29) is 11.9 Å². The van der Waals surface area contributed by atoms with Gasteiger partial charge in [0, 0.05) is 18.4 Å². The molecule has 1 N–H and O–H groups in total. The van der Waals surface area contributed by atoms with Crippen LogP contribution in [0.1, 0.15) is 34.2 Å². The number of carbonyl (C=O) groups excluding carboxylic acids is 1. The Morgan fingerprint density at radius 3 is 3.00 bits per heavy atom. The third-order valence-corrected chi connectivity index (χ3v) is 4.89. The highest BCUT2D eigenvalue weighted by Gasteiger charge is 2.31. The number of aromatic amines is 1. The van der Waals surface area contributed by atoms with Crippen LogP contribution in [-0.2, 0) is 0 Å². The maximum absolute atomic E-state index is 12.5.